The van der Waals surface area contributed by atoms with E-state index in [0.29, 0.717) is 16.5 Å². The molecule has 0 aliphatic rings. The smallest absolute Gasteiger partial charge is 0.279 e. The number of alkyl halides is 1. The quantitative estimate of drug-likeness (QED) is 0.636. The van der Waals surface area contributed by atoms with Gasteiger partial charge < -0.3 is 4.74 Å². The summed E-state index contributed by atoms with van der Waals surface area (Å²) in [7, 11) is 0. The number of aromatic nitrogens is 1. The lowest BCUT2D eigenvalue weighted by Crippen LogP contribution is -1.89. The molecule has 0 unspecified atom stereocenters. The fourth-order valence-corrected chi connectivity index (χ4v) is 2.75. The molecule has 3 aromatic rings. The molecular weight excluding hydrogens is 285 g/mol. The van der Waals surface area contributed by atoms with Crippen molar-refractivity contribution >= 4 is 33.2 Å². The van der Waals surface area contributed by atoms with Crippen molar-refractivity contribution in [1.29, 1.82) is 0 Å². The van der Waals surface area contributed by atoms with Crippen molar-refractivity contribution in [3.05, 3.63) is 53.8 Å². The Kier molecular flexibility index (Phi) is 3.36. The number of halogens is 2. The Bertz CT molecular complexity index is 695. The number of hydrogen-bond acceptors (Lipinski definition) is 3. The topological polar surface area (TPSA) is 22.1 Å². The maximum Gasteiger partial charge on any atom is 0.279 e. The van der Waals surface area contributed by atoms with Crippen LogP contribution >= 0.6 is 22.9 Å². The molecule has 0 aliphatic carbocycles. The lowest BCUT2D eigenvalue weighted by Gasteiger charge is -2.03. The van der Waals surface area contributed by atoms with Crippen LogP contribution in [0.15, 0.2) is 42.5 Å². The highest BCUT2D eigenvalue weighted by Crippen LogP contribution is 2.31. The Morgan fingerprint density at radius 3 is 2.79 bits per heavy atom. The largest absolute Gasteiger partial charge is 0.431 e. The first kappa shape index (κ1) is 12.4. The van der Waals surface area contributed by atoms with Crippen molar-refractivity contribution in [2.75, 3.05) is 0 Å². The van der Waals surface area contributed by atoms with E-state index in [0.717, 1.165) is 10.2 Å². The van der Waals surface area contributed by atoms with Gasteiger partial charge in [-0.1, -0.05) is 29.5 Å². The van der Waals surface area contributed by atoms with Gasteiger partial charge in [0.05, 0.1) is 16.1 Å². The van der Waals surface area contributed by atoms with Crippen LogP contribution in [0, 0.1) is 5.82 Å². The van der Waals surface area contributed by atoms with E-state index >= 15 is 0 Å². The zero-order valence-corrected chi connectivity index (χ0v) is 11.3. The van der Waals surface area contributed by atoms with E-state index in [4.69, 9.17) is 16.3 Å². The van der Waals surface area contributed by atoms with Gasteiger partial charge in [-0.2, -0.15) is 0 Å². The molecular formula is C14H9ClFNOS. The van der Waals surface area contributed by atoms with Gasteiger partial charge in [0.1, 0.15) is 11.6 Å². The number of hydrogen-bond donors (Lipinski definition) is 0. The lowest BCUT2D eigenvalue weighted by atomic mass is 10.2. The van der Waals surface area contributed by atoms with Crippen LogP contribution in [0.25, 0.3) is 10.2 Å². The second-order valence-electron chi connectivity index (χ2n) is 3.94. The number of fused-ring (bicyclic) bond motifs is 1. The zero-order valence-electron chi connectivity index (χ0n) is 9.77. The van der Waals surface area contributed by atoms with Gasteiger partial charge in [0.25, 0.3) is 5.19 Å². The molecule has 0 bridgehead atoms. The molecule has 0 N–H and O–H groups in total. The highest BCUT2D eigenvalue weighted by molar-refractivity contribution is 7.20. The maximum absolute atomic E-state index is 13.6. The monoisotopic (exact) mass is 293 g/mol. The highest BCUT2D eigenvalue weighted by Gasteiger charge is 2.08. The van der Waals surface area contributed by atoms with Gasteiger partial charge in [-0.15, -0.1) is 11.6 Å². The number of thiazole rings is 1. The molecule has 0 fully saturated rings. The molecule has 0 spiro atoms. The third-order valence-electron chi connectivity index (χ3n) is 2.65. The third-order valence-corrected chi connectivity index (χ3v) is 3.85. The highest BCUT2D eigenvalue weighted by atomic mass is 35.5. The van der Waals surface area contributed by atoms with Crippen LogP contribution in [-0.4, -0.2) is 4.98 Å². The second kappa shape index (κ2) is 5.15. The number of rotatable bonds is 3. The predicted octanol–water partition coefficient (Wildman–Crippen LogP) is 4.97. The van der Waals surface area contributed by atoms with Gasteiger partial charge in [0, 0.05) is 11.6 Å². The van der Waals surface area contributed by atoms with Crippen LogP contribution in [0.4, 0.5) is 4.39 Å². The van der Waals surface area contributed by atoms with Crippen LogP contribution in [-0.2, 0) is 5.88 Å². The van der Waals surface area contributed by atoms with Gasteiger partial charge in [-0.25, -0.2) is 9.37 Å². The molecule has 19 heavy (non-hydrogen) atoms. The van der Waals surface area contributed by atoms with E-state index in [1.807, 2.05) is 24.3 Å². The Morgan fingerprint density at radius 2 is 2.05 bits per heavy atom. The average molecular weight is 294 g/mol. The maximum atomic E-state index is 13.6. The first-order valence-corrected chi connectivity index (χ1v) is 6.99. The molecule has 0 radical (unpaired) electrons. The standard InChI is InChI=1S/C14H9ClFNOS/c15-8-9-5-6-10(7-11(9)16)18-14-17-12-3-1-2-4-13(12)19-14/h1-7H,8H2. The van der Waals surface area contributed by atoms with Crippen molar-refractivity contribution in [2.24, 2.45) is 0 Å². The number of benzene rings is 2. The summed E-state index contributed by atoms with van der Waals surface area (Å²) in [6.07, 6.45) is 0. The molecule has 3 rings (SSSR count). The van der Waals surface area contributed by atoms with E-state index in [2.05, 4.69) is 4.98 Å². The molecule has 2 aromatic carbocycles. The van der Waals surface area contributed by atoms with Crippen molar-refractivity contribution in [2.45, 2.75) is 5.88 Å². The van der Waals surface area contributed by atoms with Crippen molar-refractivity contribution in [3.63, 3.8) is 0 Å². The molecule has 0 atom stereocenters. The van der Waals surface area contributed by atoms with E-state index in [1.54, 1.807) is 12.1 Å². The minimum atomic E-state index is -0.367. The van der Waals surface area contributed by atoms with Crippen LogP contribution in [0.2, 0.25) is 0 Å². The molecule has 0 saturated carbocycles. The summed E-state index contributed by atoms with van der Waals surface area (Å²) in [4.78, 5) is 4.33. The third kappa shape index (κ3) is 2.55. The predicted molar refractivity (Wildman–Crippen MR) is 75.7 cm³/mol. The molecule has 0 aliphatic heterocycles. The number of ether oxygens (including phenoxy) is 1. The molecule has 96 valence electrons. The van der Waals surface area contributed by atoms with Gasteiger partial charge in [0.2, 0.25) is 0 Å². The van der Waals surface area contributed by atoms with E-state index in [1.165, 1.54) is 17.4 Å². The second-order valence-corrected chi connectivity index (χ2v) is 5.20. The lowest BCUT2D eigenvalue weighted by molar-refractivity contribution is 0.473. The Labute approximate surface area is 118 Å². The summed E-state index contributed by atoms with van der Waals surface area (Å²) < 4.78 is 20.2. The van der Waals surface area contributed by atoms with Crippen molar-refractivity contribution in [3.8, 4) is 10.9 Å². The van der Waals surface area contributed by atoms with Crippen LogP contribution in [0.1, 0.15) is 5.56 Å². The van der Waals surface area contributed by atoms with Gasteiger partial charge in [0.15, 0.2) is 0 Å². The Hall–Kier alpha value is -1.65. The molecule has 0 saturated heterocycles. The number of para-hydroxylation sites is 1. The van der Waals surface area contributed by atoms with Crippen molar-refractivity contribution in [1.82, 2.24) is 4.98 Å². The van der Waals surface area contributed by atoms with Gasteiger partial charge in [-0.3, -0.25) is 0 Å². The van der Waals surface area contributed by atoms with Crippen LogP contribution < -0.4 is 4.74 Å². The summed E-state index contributed by atoms with van der Waals surface area (Å²) in [5, 5.41) is 0.499. The summed E-state index contributed by atoms with van der Waals surface area (Å²) >= 11 is 7.03. The average Bonchev–Trinajstić information content (AvgIpc) is 2.81. The normalized spacial score (nSPS) is 10.8. The molecule has 1 heterocycles. The summed E-state index contributed by atoms with van der Waals surface area (Å²) in [5.74, 6) is 0.201. The summed E-state index contributed by atoms with van der Waals surface area (Å²) in [6, 6.07) is 12.4. The minimum absolute atomic E-state index is 0.146. The Morgan fingerprint density at radius 1 is 1.21 bits per heavy atom. The van der Waals surface area contributed by atoms with Crippen LogP contribution in [0.5, 0.6) is 10.9 Å². The Balaban J connectivity index is 1.90. The SMILES string of the molecule is Fc1cc(Oc2nc3ccccc3s2)ccc1CCl. The first-order chi connectivity index (χ1) is 9.26. The number of nitrogens with zero attached hydrogens (tertiary/aromatic N) is 1. The molecule has 2 nitrogen and oxygen atoms in total. The first-order valence-electron chi connectivity index (χ1n) is 5.64. The minimum Gasteiger partial charge on any atom is -0.431 e. The fraction of sp³-hybridized carbons (Fsp3) is 0.0714. The molecule has 1 aromatic heterocycles. The summed E-state index contributed by atoms with van der Waals surface area (Å²) in [5.41, 5.74) is 1.33. The molecule has 5 heteroatoms. The molecule has 0 amide bonds. The van der Waals surface area contributed by atoms with E-state index in [-0.39, 0.29) is 11.7 Å². The van der Waals surface area contributed by atoms with Crippen LogP contribution in [0.3, 0.4) is 0 Å². The van der Waals surface area contributed by atoms with E-state index < -0.39 is 0 Å². The van der Waals surface area contributed by atoms with Gasteiger partial charge >= 0.3 is 0 Å². The zero-order chi connectivity index (χ0) is 13.2. The summed E-state index contributed by atoms with van der Waals surface area (Å²) in [6.45, 7) is 0. The fourth-order valence-electron chi connectivity index (χ4n) is 1.70. The van der Waals surface area contributed by atoms with Crippen molar-refractivity contribution < 1.29 is 9.13 Å². The van der Waals surface area contributed by atoms with Gasteiger partial charge in [-0.05, 0) is 18.2 Å². The van der Waals surface area contributed by atoms with E-state index in [9.17, 15) is 4.39 Å².